The fraction of sp³-hybridized carbons (Fsp3) is 0.360. The Balaban J connectivity index is 1.28. The van der Waals surface area contributed by atoms with Crippen molar-refractivity contribution in [2.24, 2.45) is 0 Å². The maximum Gasteiger partial charge on any atom is 0.251 e. The van der Waals surface area contributed by atoms with Gasteiger partial charge in [-0.05, 0) is 37.6 Å². The molecule has 1 aromatic heterocycles. The molecule has 8 nitrogen and oxygen atoms in total. The molecule has 0 unspecified atom stereocenters. The van der Waals surface area contributed by atoms with Gasteiger partial charge in [0.2, 0.25) is 5.91 Å². The molecule has 1 aliphatic rings. The quantitative estimate of drug-likeness (QED) is 0.501. The zero-order valence-electron chi connectivity index (χ0n) is 19.6. The molecule has 178 valence electrons. The van der Waals surface area contributed by atoms with Crippen LogP contribution in [0.2, 0.25) is 0 Å². The van der Waals surface area contributed by atoms with Crippen molar-refractivity contribution in [3.63, 3.8) is 0 Å². The number of nitrogens with zero attached hydrogens (tertiary/aromatic N) is 5. The third kappa shape index (κ3) is 5.59. The largest absolute Gasteiger partial charge is 0.368 e. The molecule has 1 saturated heterocycles. The molecule has 4 rings (SSSR count). The van der Waals surface area contributed by atoms with Crippen LogP contribution in [-0.4, -0.2) is 63.4 Å². The van der Waals surface area contributed by atoms with Gasteiger partial charge in [0.1, 0.15) is 0 Å². The lowest BCUT2D eigenvalue weighted by Crippen LogP contribution is -2.49. The molecule has 9 heteroatoms. The number of piperazine rings is 1. The summed E-state index contributed by atoms with van der Waals surface area (Å²) in [5.41, 5.74) is 2.77. The van der Waals surface area contributed by atoms with Crippen molar-refractivity contribution in [1.29, 1.82) is 0 Å². The highest BCUT2D eigenvalue weighted by Crippen LogP contribution is 2.20. The third-order valence-electron chi connectivity index (χ3n) is 5.98. The Morgan fingerprint density at radius 1 is 0.971 bits per heavy atom. The molecule has 0 aliphatic carbocycles. The maximum atomic E-state index is 12.8. The number of anilines is 1. The average molecular weight is 479 g/mol. The van der Waals surface area contributed by atoms with Gasteiger partial charge < -0.3 is 19.7 Å². The zero-order chi connectivity index (χ0) is 23.9. The molecule has 2 amide bonds. The molecule has 0 bridgehead atoms. The van der Waals surface area contributed by atoms with Crippen molar-refractivity contribution in [2.75, 3.05) is 36.8 Å². The summed E-state index contributed by atoms with van der Waals surface area (Å²) < 4.78 is 1.95. The van der Waals surface area contributed by atoms with Crippen molar-refractivity contribution in [1.82, 2.24) is 25.0 Å². The second kappa shape index (κ2) is 11.2. The number of thioether (sulfide) groups is 1. The Bertz CT molecular complexity index is 1130. The van der Waals surface area contributed by atoms with E-state index in [-0.39, 0.29) is 18.4 Å². The molecular weight excluding hydrogens is 448 g/mol. The number of aryl methyl sites for hydroxylation is 1. The smallest absolute Gasteiger partial charge is 0.251 e. The van der Waals surface area contributed by atoms with E-state index < -0.39 is 0 Å². The highest BCUT2D eigenvalue weighted by Gasteiger charge is 2.22. The fourth-order valence-electron chi connectivity index (χ4n) is 4.03. The lowest BCUT2D eigenvalue weighted by Gasteiger charge is -2.36. The van der Waals surface area contributed by atoms with Gasteiger partial charge in [-0.3, -0.25) is 9.59 Å². The van der Waals surface area contributed by atoms with Crippen LogP contribution in [-0.2, 0) is 17.9 Å². The molecule has 1 fully saturated rings. The number of carbonyl (C=O) groups is 2. The molecule has 0 spiro atoms. The van der Waals surface area contributed by atoms with E-state index in [4.69, 9.17) is 0 Å². The van der Waals surface area contributed by atoms with Crippen LogP contribution in [0, 0.1) is 6.92 Å². The van der Waals surface area contributed by atoms with Crippen molar-refractivity contribution in [2.45, 2.75) is 32.1 Å². The van der Waals surface area contributed by atoms with E-state index >= 15 is 0 Å². The minimum atomic E-state index is -0.136. The summed E-state index contributed by atoms with van der Waals surface area (Å²) in [6.45, 7) is 7.95. The molecule has 0 radical (unpaired) electrons. The first kappa shape index (κ1) is 23.8. The van der Waals surface area contributed by atoms with Gasteiger partial charge >= 0.3 is 0 Å². The van der Waals surface area contributed by atoms with Crippen molar-refractivity contribution >= 4 is 29.3 Å². The Kier molecular flexibility index (Phi) is 7.84. The minimum Gasteiger partial charge on any atom is -0.368 e. The monoisotopic (exact) mass is 478 g/mol. The standard InChI is InChI=1S/C25H30N6O2S/c1-3-31-22(17-26-24(33)21-12-8-7-9-19(21)2)27-28-25(31)34-18-23(32)30-15-13-29(14-16-30)20-10-5-4-6-11-20/h4-12H,3,13-18H2,1-2H3,(H,26,33). The lowest BCUT2D eigenvalue weighted by atomic mass is 10.1. The first-order valence-electron chi connectivity index (χ1n) is 11.5. The number of aromatic nitrogens is 3. The van der Waals surface area contributed by atoms with Gasteiger partial charge in [0.15, 0.2) is 11.0 Å². The van der Waals surface area contributed by atoms with E-state index in [9.17, 15) is 9.59 Å². The highest BCUT2D eigenvalue weighted by molar-refractivity contribution is 7.99. The number of nitrogens with one attached hydrogen (secondary N) is 1. The van der Waals surface area contributed by atoms with E-state index in [1.807, 2.05) is 65.8 Å². The number of benzene rings is 2. The van der Waals surface area contributed by atoms with E-state index in [0.29, 0.717) is 41.9 Å². The second-order valence-electron chi connectivity index (χ2n) is 8.13. The molecule has 2 heterocycles. The SMILES string of the molecule is CCn1c(CNC(=O)c2ccccc2C)nnc1SCC(=O)N1CCN(c2ccccc2)CC1. The first-order chi connectivity index (χ1) is 16.6. The van der Waals surface area contributed by atoms with Crippen LogP contribution in [0.1, 0.15) is 28.7 Å². The van der Waals surface area contributed by atoms with Crippen molar-refractivity contribution < 1.29 is 9.59 Å². The summed E-state index contributed by atoms with van der Waals surface area (Å²) in [6.07, 6.45) is 0. The molecule has 34 heavy (non-hydrogen) atoms. The summed E-state index contributed by atoms with van der Waals surface area (Å²) >= 11 is 1.40. The Morgan fingerprint density at radius 2 is 1.68 bits per heavy atom. The summed E-state index contributed by atoms with van der Waals surface area (Å²) in [5.74, 6) is 0.968. The molecule has 2 aromatic carbocycles. The average Bonchev–Trinajstić information content (AvgIpc) is 3.28. The minimum absolute atomic E-state index is 0.109. The summed E-state index contributed by atoms with van der Waals surface area (Å²) in [4.78, 5) is 29.5. The Hall–Kier alpha value is -3.33. The van der Waals surface area contributed by atoms with Crippen molar-refractivity contribution in [3.8, 4) is 0 Å². The van der Waals surface area contributed by atoms with Gasteiger partial charge in [-0.25, -0.2) is 0 Å². The molecule has 1 aliphatic heterocycles. The van der Waals surface area contributed by atoms with Crippen molar-refractivity contribution in [3.05, 3.63) is 71.5 Å². The molecule has 0 saturated carbocycles. The normalized spacial score (nSPS) is 13.7. The van der Waals surface area contributed by atoms with Gasteiger partial charge in [-0.2, -0.15) is 0 Å². The first-order valence-corrected chi connectivity index (χ1v) is 12.5. The van der Waals surface area contributed by atoms with E-state index in [1.165, 1.54) is 17.4 Å². The summed E-state index contributed by atoms with van der Waals surface area (Å²) in [5, 5.41) is 12.1. The Morgan fingerprint density at radius 3 is 2.38 bits per heavy atom. The second-order valence-corrected chi connectivity index (χ2v) is 9.08. The van der Waals surface area contributed by atoms with Gasteiger partial charge in [0.05, 0.1) is 12.3 Å². The van der Waals surface area contributed by atoms with E-state index in [0.717, 1.165) is 18.7 Å². The summed E-state index contributed by atoms with van der Waals surface area (Å²) in [6, 6.07) is 17.8. The molecule has 0 atom stereocenters. The maximum absolute atomic E-state index is 12.8. The van der Waals surface area contributed by atoms with Crippen LogP contribution >= 0.6 is 11.8 Å². The van der Waals surface area contributed by atoms with Crippen LogP contribution in [0.25, 0.3) is 0 Å². The molecule has 3 aromatic rings. The number of carbonyl (C=O) groups excluding carboxylic acids is 2. The number of hydrogen-bond acceptors (Lipinski definition) is 6. The molecular formula is C25H30N6O2S. The summed E-state index contributed by atoms with van der Waals surface area (Å²) in [7, 11) is 0. The van der Waals surface area contributed by atoms with Gasteiger partial charge in [-0.15, -0.1) is 10.2 Å². The van der Waals surface area contributed by atoms with E-state index in [1.54, 1.807) is 0 Å². The number of rotatable bonds is 8. The Labute approximate surface area is 204 Å². The van der Waals surface area contributed by atoms with Crippen LogP contribution < -0.4 is 10.2 Å². The van der Waals surface area contributed by atoms with Gasteiger partial charge in [0.25, 0.3) is 5.91 Å². The highest BCUT2D eigenvalue weighted by atomic mass is 32.2. The lowest BCUT2D eigenvalue weighted by molar-refractivity contribution is -0.128. The van der Waals surface area contributed by atoms with Crippen LogP contribution in [0.4, 0.5) is 5.69 Å². The number of amides is 2. The molecule has 1 N–H and O–H groups in total. The topological polar surface area (TPSA) is 83.4 Å². The van der Waals surface area contributed by atoms with Gasteiger partial charge in [0, 0.05) is 44.0 Å². The van der Waals surface area contributed by atoms with Gasteiger partial charge in [-0.1, -0.05) is 48.2 Å². The zero-order valence-corrected chi connectivity index (χ0v) is 20.4. The van der Waals surface area contributed by atoms with E-state index in [2.05, 4.69) is 32.5 Å². The number of para-hydroxylation sites is 1. The van der Waals surface area contributed by atoms with Crippen LogP contribution in [0.3, 0.4) is 0 Å². The third-order valence-corrected chi connectivity index (χ3v) is 6.94. The fourth-order valence-corrected chi connectivity index (χ4v) is 4.95. The van der Waals surface area contributed by atoms with Crippen LogP contribution in [0.15, 0.2) is 59.8 Å². The predicted octanol–water partition coefficient (Wildman–Crippen LogP) is 2.98. The van der Waals surface area contributed by atoms with Crippen LogP contribution in [0.5, 0.6) is 0 Å². The number of hydrogen-bond donors (Lipinski definition) is 1. The predicted molar refractivity (Wildman–Crippen MR) is 134 cm³/mol.